The van der Waals surface area contributed by atoms with E-state index in [-0.39, 0.29) is 0 Å². The Hall–Kier alpha value is -0.0400. The highest BCUT2D eigenvalue weighted by atomic mass is 14.9. The van der Waals surface area contributed by atoms with Gasteiger partial charge in [-0.05, 0) is 37.6 Å². The van der Waals surface area contributed by atoms with E-state index >= 15 is 0 Å². The van der Waals surface area contributed by atoms with Crippen LogP contribution >= 0.6 is 0 Å². The van der Waals surface area contributed by atoms with E-state index in [1.54, 1.807) is 0 Å². The van der Waals surface area contributed by atoms with Crippen molar-refractivity contribution in [3.63, 3.8) is 0 Å². The fourth-order valence-electron chi connectivity index (χ4n) is 1.65. The standard InChI is InChI=1S/C12H27N/c1-6-12(11(4)5)13-9-7-8-10(2)3/h10-13H,6-9H2,1-5H3. The molecule has 0 aromatic carbocycles. The van der Waals surface area contributed by atoms with Crippen LogP contribution in [-0.4, -0.2) is 12.6 Å². The highest BCUT2D eigenvalue weighted by Crippen LogP contribution is 2.06. The molecule has 0 aliphatic rings. The Bertz CT molecular complexity index is 108. The van der Waals surface area contributed by atoms with Crippen LogP contribution in [0.25, 0.3) is 0 Å². The lowest BCUT2D eigenvalue weighted by atomic mass is 10.0. The third kappa shape index (κ3) is 7.06. The molecule has 0 bridgehead atoms. The van der Waals surface area contributed by atoms with E-state index in [1.807, 2.05) is 0 Å². The molecule has 1 nitrogen and oxygen atoms in total. The molecular weight excluding hydrogens is 158 g/mol. The van der Waals surface area contributed by atoms with Crippen LogP contribution in [0.15, 0.2) is 0 Å². The van der Waals surface area contributed by atoms with Crippen LogP contribution in [0.1, 0.15) is 53.9 Å². The summed E-state index contributed by atoms with van der Waals surface area (Å²) in [6.45, 7) is 12.6. The Kier molecular flexibility index (Phi) is 7.35. The van der Waals surface area contributed by atoms with Crippen molar-refractivity contribution in [3.05, 3.63) is 0 Å². The molecule has 0 aromatic rings. The molecule has 1 heteroatoms. The normalized spacial score (nSPS) is 14.1. The monoisotopic (exact) mass is 185 g/mol. The minimum atomic E-state index is 0.715. The largest absolute Gasteiger partial charge is 0.314 e. The number of hydrogen-bond donors (Lipinski definition) is 1. The van der Waals surface area contributed by atoms with Gasteiger partial charge in [-0.2, -0.15) is 0 Å². The molecule has 1 N–H and O–H groups in total. The Balaban J connectivity index is 3.39. The SMILES string of the molecule is CCC(NCCCC(C)C)C(C)C. The Labute approximate surface area is 84.3 Å². The van der Waals surface area contributed by atoms with Crippen molar-refractivity contribution in [3.8, 4) is 0 Å². The van der Waals surface area contributed by atoms with Gasteiger partial charge < -0.3 is 5.32 Å². The van der Waals surface area contributed by atoms with Crippen molar-refractivity contribution in [2.45, 2.75) is 59.9 Å². The number of nitrogens with one attached hydrogen (secondary N) is 1. The Morgan fingerprint density at radius 1 is 1.08 bits per heavy atom. The van der Waals surface area contributed by atoms with Crippen LogP contribution in [0.2, 0.25) is 0 Å². The van der Waals surface area contributed by atoms with Gasteiger partial charge in [-0.1, -0.05) is 34.6 Å². The molecule has 0 aliphatic heterocycles. The second kappa shape index (κ2) is 7.37. The average molecular weight is 185 g/mol. The molecule has 13 heavy (non-hydrogen) atoms. The first kappa shape index (κ1) is 13.0. The summed E-state index contributed by atoms with van der Waals surface area (Å²) in [5.41, 5.74) is 0. The number of rotatable bonds is 7. The summed E-state index contributed by atoms with van der Waals surface area (Å²) in [6, 6.07) is 0.715. The average Bonchev–Trinajstić information content (AvgIpc) is 2.03. The zero-order chi connectivity index (χ0) is 10.3. The van der Waals surface area contributed by atoms with Gasteiger partial charge in [0, 0.05) is 6.04 Å². The van der Waals surface area contributed by atoms with Crippen molar-refractivity contribution >= 4 is 0 Å². The van der Waals surface area contributed by atoms with E-state index in [4.69, 9.17) is 0 Å². The van der Waals surface area contributed by atoms with Crippen LogP contribution < -0.4 is 5.32 Å². The first-order valence-electron chi connectivity index (χ1n) is 5.81. The molecule has 0 radical (unpaired) electrons. The molecule has 0 fully saturated rings. The predicted octanol–water partition coefficient (Wildman–Crippen LogP) is 3.45. The van der Waals surface area contributed by atoms with Crippen molar-refractivity contribution in [2.24, 2.45) is 11.8 Å². The zero-order valence-electron chi connectivity index (χ0n) is 10.1. The van der Waals surface area contributed by atoms with E-state index in [1.165, 1.54) is 25.8 Å². The quantitative estimate of drug-likeness (QED) is 0.599. The van der Waals surface area contributed by atoms with Crippen molar-refractivity contribution in [1.82, 2.24) is 5.32 Å². The van der Waals surface area contributed by atoms with Gasteiger partial charge in [0.1, 0.15) is 0 Å². The van der Waals surface area contributed by atoms with Crippen LogP contribution in [-0.2, 0) is 0 Å². The van der Waals surface area contributed by atoms with Gasteiger partial charge in [0.05, 0.1) is 0 Å². The first-order valence-corrected chi connectivity index (χ1v) is 5.81. The van der Waals surface area contributed by atoms with Gasteiger partial charge >= 0.3 is 0 Å². The smallest absolute Gasteiger partial charge is 0.00874 e. The third-order valence-corrected chi connectivity index (χ3v) is 2.61. The summed E-state index contributed by atoms with van der Waals surface area (Å²) in [6.07, 6.45) is 3.92. The zero-order valence-corrected chi connectivity index (χ0v) is 10.1. The van der Waals surface area contributed by atoms with Gasteiger partial charge in [0.2, 0.25) is 0 Å². The van der Waals surface area contributed by atoms with Crippen molar-refractivity contribution in [2.75, 3.05) is 6.54 Å². The van der Waals surface area contributed by atoms with Crippen LogP contribution in [0, 0.1) is 11.8 Å². The molecule has 0 amide bonds. The van der Waals surface area contributed by atoms with E-state index in [9.17, 15) is 0 Å². The molecule has 0 heterocycles. The molecule has 0 aliphatic carbocycles. The molecule has 1 unspecified atom stereocenters. The first-order chi connectivity index (χ1) is 6.07. The van der Waals surface area contributed by atoms with Gasteiger partial charge in [-0.3, -0.25) is 0 Å². The Morgan fingerprint density at radius 3 is 2.08 bits per heavy atom. The molecule has 1 atom stereocenters. The van der Waals surface area contributed by atoms with E-state index in [0.717, 1.165) is 11.8 Å². The fraction of sp³-hybridized carbons (Fsp3) is 1.00. The topological polar surface area (TPSA) is 12.0 Å². The maximum Gasteiger partial charge on any atom is 0.00874 e. The van der Waals surface area contributed by atoms with Crippen LogP contribution in [0.3, 0.4) is 0 Å². The lowest BCUT2D eigenvalue weighted by molar-refractivity contribution is 0.379. The van der Waals surface area contributed by atoms with E-state index in [0.29, 0.717) is 6.04 Å². The molecule has 0 rings (SSSR count). The predicted molar refractivity (Wildman–Crippen MR) is 61.0 cm³/mol. The van der Waals surface area contributed by atoms with E-state index < -0.39 is 0 Å². The summed E-state index contributed by atoms with van der Waals surface area (Å²) in [5.74, 6) is 1.62. The lowest BCUT2D eigenvalue weighted by Crippen LogP contribution is -2.33. The van der Waals surface area contributed by atoms with E-state index in [2.05, 4.69) is 39.9 Å². The van der Waals surface area contributed by atoms with Crippen LogP contribution in [0.4, 0.5) is 0 Å². The second-order valence-corrected chi connectivity index (χ2v) is 4.75. The molecule has 0 spiro atoms. The molecule has 80 valence electrons. The number of hydrogen-bond acceptors (Lipinski definition) is 1. The molecule has 0 saturated heterocycles. The van der Waals surface area contributed by atoms with Gasteiger partial charge in [0.15, 0.2) is 0 Å². The molecule has 0 aromatic heterocycles. The minimum absolute atomic E-state index is 0.715. The summed E-state index contributed by atoms with van der Waals surface area (Å²) in [4.78, 5) is 0. The van der Waals surface area contributed by atoms with Crippen molar-refractivity contribution in [1.29, 1.82) is 0 Å². The summed E-state index contributed by atoms with van der Waals surface area (Å²) in [5, 5.41) is 3.62. The highest BCUT2D eigenvalue weighted by Gasteiger charge is 2.08. The Morgan fingerprint density at radius 2 is 1.69 bits per heavy atom. The van der Waals surface area contributed by atoms with Crippen LogP contribution in [0.5, 0.6) is 0 Å². The maximum atomic E-state index is 3.62. The van der Waals surface area contributed by atoms with Gasteiger partial charge in [-0.25, -0.2) is 0 Å². The summed E-state index contributed by atoms with van der Waals surface area (Å²) in [7, 11) is 0. The van der Waals surface area contributed by atoms with Gasteiger partial charge in [-0.15, -0.1) is 0 Å². The minimum Gasteiger partial charge on any atom is -0.314 e. The van der Waals surface area contributed by atoms with Crippen molar-refractivity contribution < 1.29 is 0 Å². The second-order valence-electron chi connectivity index (χ2n) is 4.75. The lowest BCUT2D eigenvalue weighted by Gasteiger charge is -2.20. The molecular formula is C12H27N. The van der Waals surface area contributed by atoms with Gasteiger partial charge in [0.25, 0.3) is 0 Å². The fourth-order valence-corrected chi connectivity index (χ4v) is 1.65. The summed E-state index contributed by atoms with van der Waals surface area (Å²) >= 11 is 0. The summed E-state index contributed by atoms with van der Waals surface area (Å²) < 4.78 is 0. The highest BCUT2D eigenvalue weighted by molar-refractivity contribution is 4.68. The maximum absolute atomic E-state index is 3.62. The third-order valence-electron chi connectivity index (χ3n) is 2.61. The molecule has 0 saturated carbocycles.